The van der Waals surface area contributed by atoms with Gasteiger partial charge in [-0.3, -0.25) is 0 Å². The fraction of sp³-hybridized carbons (Fsp3) is 0.571. The van der Waals surface area contributed by atoms with Crippen molar-refractivity contribution in [1.29, 1.82) is 0 Å². The second-order valence-electron chi connectivity index (χ2n) is 3.20. The van der Waals surface area contributed by atoms with Crippen LogP contribution >= 0.6 is 0 Å². The van der Waals surface area contributed by atoms with Gasteiger partial charge >= 0.3 is 5.82 Å². The van der Waals surface area contributed by atoms with Gasteiger partial charge < -0.3 is 20.5 Å². The van der Waals surface area contributed by atoms with Crippen LogP contribution in [0.25, 0.3) is 0 Å². The summed E-state index contributed by atoms with van der Waals surface area (Å²) < 4.78 is 1.43. The smallest absolute Gasteiger partial charge is 0.389 e. The predicted octanol–water partition coefficient (Wildman–Crippen LogP) is -0.704. The van der Waals surface area contributed by atoms with E-state index in [2.05, 4.69) is 10.4 Å². The average molecular weight is 198 g/mol. The first-order valence-corrected chi connectivity index (χ1v) is 4.27. The molecule has 0 spiro atoms. The summed E-state index contributed by atoms with van der Waals surface area (Å²) in [5.41, 5.74) is 0. The van der Waals surface area contributed by atoms with Gasteiger partial charge in [0.05, 0.1) is 23.5 Å². The van der Waals surface area contributed by atoms with Gasteiger partial charge in [0, 0.05) is 13.1 Å². The van der Waals surface area contributed by atoms with Gasteiger partial charge in [0.2, 0.25) is 0 Å². The molecule has 1 aromatic rings. The Bertz CT molecular complexity index is 350. The first kappa shape index (κ1) is 9.10. The van der Waals surface area contributed by atoms with Crippen LogP contribution in [0.3, 0.4) is 0 Å². The van der Waals surface area contributed by atoms with Gasteiger partial charge in [0.25, 0.3) is 0 Å². The Labute approximate surface area is 79.5 Å². The van der Waals surface area contributed by atoms with Crippen LogP contribution in [-0.4, -0.2) is 39.0 Å². The molecule has 2 heterocycles. The second kappa shape index (κ2) is 3.35. The number of β-amino-alcohol motifs (C(OH)–C–C–N with tert-alkyl or cyclic N) is 1. The first-order chi connectivity index (χ1) is 6.68. The van der Waals surface area contributed by atoms with Crippen molar-refractivity contribution < 1.29 is 10.0 Å². The molecule has 0 bridgehead atoms. The van der Waals surface area contributed by atoms with E-state index in [9.17, 15) is 15.2 Å². The molecule has 2 rings (SSSR count). The number of nitrogens with zero attached hydrogens (tertiary/aromatic N) is 3. The van der Waals surface area contributed by atoms with E-state index in [1.165, 1.54) is 16.9 Å². The first-order valence-electron chi connectivity index (χ1n) is 4.27. The van der Waals surface area contributed by atoms with E-state index < -0.39 is 11.0 Å². The van der Waals surface area contributed by atoms with Crippen molar-refractivity contribution >= 4 is 5.82 Å². The normalized spacial score (nSPS) is 26.6. The largest absolute Gasteiger partial charge is 0.389 e. The molecule has 2 atom stereocenters. The minimum atomic E-state index is -0.550. The van der Waals surface area contributed by atoms with Crippen LogP contribution in [0.1, 0.15) is 6.04 Å². The Morgan fingerprint density at radius 3 is 3.00 bits per heavy atom. The maximum Gasteiger partial charge on any atom is 0.389 e. The summed E-state index contributed by atoms with van der Waals surface area (Å²) in [5.74, 6) is -0.191. The Kier molecular flexibility index (Phi) is 2.18. The molecule has 0 radical (unpaired) electrons. The Morgan fingerprint density at radius 2 is 2.50 bits per heavy atom. The van der Waals surface area contributed by atoms with Gasteiger partial charge in [-0.05, 0) is 4.92 Å². The topological polar surface area (TPSA) is 93.2 Å². The third-order valence-electron chi connectivity index (χ3n) is 2.27. The van der Waals surface area contributed by atoms with Crippen LogP contribution in [0.15, 0.2) is 12.3 Å². The van der Waals surface area contributed by atoms with E-state index in [1.54, 1.807) is 0 Å². The van der Waals surface area contributed by atoms with E-state index in [-0.39, 0.29) is 11.9 Å². The Hall–Kier alpha value is -1.47. The maximum atomic E-state index is 10.4. The molecule has 0 aliphatic carbocycles. The Morgan fingerprint density at radius 1 is 1.71 bits per heavy atom. The highest BCUT2D eigenvalue weighted by Crippen LogP contribution is 2.17. The van der Waals surface area contributed by atoms with Crippen molar-refractivity contribution in [3.63, 3.8) is 0 Å². The highest BCUT2D eigenvalue weighted by molar-refractivity contribution is 5.15. The average Bonchev–Trinajstić information content (AvgIpc) is 2.71. The molecule has 7 nitrogen and oxygen atoms in total. The third kappa shape index (κ3) is 1.47. The Balaban J connectivity index is 2.20. The number of aliphatic hydroxyl groups excluding tert-OH is 1. The summed E-state index contributed by atoms with van der Waals surface area (Å²) in [5, 5.41) is 26.6. The highest BCUT2D eigenvalue weighted by Gasteiger charge is 2.30. The summed E-state index contributed by atoms with van der Waals surface area (Å²) in [6.07, 6.45) is 0.980. The second-order valence-corrected chi connectivity index (χ2v) is 3.20. The van der Waals surface area contributed by atoms with Crippen molar-refractivity contribution in [2.75, 3.05) is 13.1 Å². The molecule has 0 saturated carbocycles. The quantitative estimate of drug-likeness (QED) is 0.484. The predicted molar refractivity (Wildman–Crippen MR) is 46.8 cm³/mol. The number of hydrogen-bond acceptors (Lipinski definition) is 5. The third-order valence-corrected chi connectivity index (χ3v) is 2.27. The zero-order valence-electron chi connectivity index (χ0n) is 7.33. The molecular weight excluding hydrogens is 188 g/mol. The number of hydrogen-bond donors (Lipinski definition) is 2. The molecule has 0 aromatic carbocycles. The lowest BCUT2D eigenvalue weighted by Gasteiger charge is -2.09. The molecule has 1 fully saturated rings. The minimum absolute atomic E-state index is 0.191. The van der Waals surface area contributed by atoms with Gasteiger partial charge in [0.1, 0.15) is 6.04 Å². The summed E-state index contributed by atoms with van der Waals surface area (Å²) in [4.78, 5) is 9.81. The lowest BCUT2D eigenvalue weighted by atomic mass is 10.2. The van der Waals surface area contributed by atoms with Gasteiger partial charge in [-0.25, -0.2) is 0 Å². The van der Waals surface area contributed by atoms with E-state index in [4.69, 9.17) is 0 Å². The maximum absolute atomic E-state index is 10.4. The monoisotopic (exact) mass is 198 g/mol. The van der Waals surface area contributed by atoms with Crippen LogP contribution < -0.4 is 5.32 Å². The minimum Gasteiger partial charge on any atom is -0.389 e. The van der Waals surface area contributed by atoms with Gasteiger partial charge in [-0.1, -0.05) is 0 Å². The molecule has 76 valence electrons. The molecule has 2 N–H and O–H groups in total. The van der Waals surface area contributed by atoms with Crippen LogP contribution in [-0.2, 0) is 0 Å². The number of rotatable bonds is 2. The number of aliphatic hydroxyl groups is 1. The van der Waals surface area contributed by atoms with E-state index in [0.717, 1.165) is 0 Å². The van der Waals surface area contributed by atoms with Gasteiger partial charge in [-0.2, -0.15) is 4.68 Å². The van der Waals surface area contributed by atoms with Crippen LogP contribution in [0.4, 0.5) is 5.82 Å². The number of nitro groups is 1. The van der Waals surface area contributed by atoms with Crippen LogP contribution in [0.2, 0.25) is 0 Å². The van der Waals surface area contributed by atoms with Gasteiger partial charge in [-0.15, -0.1) is 0 Å². The van der Waals surface area contributed by atoms with Crippen molar-refractivity contribution in [1.82, 2.24) is 15.1 Å². The molecule has 1 saturated heterocycles. The van der Waals surface area contributed by atoms with Gasteiger partial charge in [0.15, 0.2) is 0 Å². The van der Waals surface area contributed by atoms with E-state index in [0.29, 0.717) is 13.1 Å². The SMILES string of the molecule is O=[N+]([O-])c1ccn(C2CNCC2O)n1. The van der Waals surface area contributed by atoms with Crippen LogP contribution in [0.5, 0.6) is 0 Å². The van der Waals surface area contributed by atoms with E-state index >= 15 is 0 Å². The molecule has 1 aliphatic rings. The zero-order valence-corrected chi connectivity index (χ0v) is 7.33. The number of nitrogens with one attached hydrogen (secondary N) is 1. The standard InChI is InChI=1S/C7H10N4O3/c12-6-4-8-3-5(6)10-2-1-7(9-10)11(13)14/h1-2,5-6,8,12H,3-4H2. The molecule has 1 aromatic heterocycles. The van der Waals surface area contributed by atoms with Crippen molar-refractivity contribution in [3.05, 3.63) is 22.4 Å². The molecule has 1 aliphatic heterocycles. The van der Waals surface area contributed by atoms with Crippen molar-refractivity contribution in [3.8, 4) is 0 Å². The lowest BCUT2D eigenvalue weighted by molar-refractivity contribution is -0.389. The fourth-order valence-corrected chi connectivity index (χ4v) is 1.53. The zero-order chi connectivity index (χ0) is 10.1. The molecule has 7 heteroatoms. The molecule has 0 amide bonds. The fourth-order valence-electron chi connectivity index (χ4n) is 1.53. The van der Waals surface area contributed by atoms with Crippen molar-refractivity contribution in [2.24, 2.45) is 0 Å². The molecule has 14 heavy (non-hydrogen) atoms. The molecule has 2 unspecified atom stereocenters. The van der Waals surface area contributed by atoms with Crippen molar-refractivity contribution in [2.45, 2.75) is 12.1 Å². The summed E-state index contributed by atoms with van der Waals surface area (Å²) >= 11 is 0. The van der Waals surface area contributed by atoms with Crippen LogP contribution in [0, 0.1) is 10.1 Å². The number of aromatic nitrogens is 2. The summed E-state index contributed by atoms with van der Waals surface area (Å²) in [6.45, 7) is 1.08. The summed E-state index contributed by atoms with van der Waals surface area (Å²) in [6, 6.07) is 1.12. The lowest BCUT2D eigenvalue weighted by Crippen LogP contribution is -2.22. The molecular formula is C7H10N4O3. The van der Waals surface area contributed by atoms with E-state index in [1.807, 2.05) is 0 Å². The highest BCUT2D eigenvalue weighted by atomic mass is 16.6. The summed E-state index contributed by atoms with van der Waals surface area (Å²) in [7, 11) is 0.